The molecule has 1 aromatic heterocycles. The van der Waals surface area contributed by atoms with Gasteiger partial charge in [-0.3, -0.25) is 14.6 Å². The second-order valence-corrected chi connectivity index (χ2v) is 7.50. The van der Waals surface area contributed by atoms with E-state index in [4.69, 9.17) is 4.74 Å². The van der Waals surface area contributed by atoms with Crippen LogP contribution < -0.4 is 5.32 Å². The fraction of sp³-hybridized carbons (Fsp3) is 0.381. The number of rotatable bonds is 4. The number of nitrogens with zero attached hydrogens (tertiary/aromatic N) is 3. The van der Waals surface area contributed by atoms with Gasteiger partial charge in [0.05, 0.1) is 37.3 Å². The summed E-state index contributed by atoms with van der Waals surface area (Å²) in [6, 6.07) is 13.4. The Morgan fingerprint density at radius 3 is 2.89 bits per heavy atom. The van der Waals surface area contributed by atoms with Crippen LogP contribution in [-0.4, -0.2) is 58.1 Å². The van der Waals surface area contributed by atoms with Crippen molar-refractivity contribution in [3.63, 3.8) is 0 Å². The number of ether oxygens (including phenoxy) is 1. The Balaban J connectivity index is 1.33. The lowest BCUT2D eigenvalue weighted by atomic mass is 10.0. The molecule has 3 aliphatic rings. The average Bonchev–Trinajstić information content (AvgIpc) is 3.36. The van der Waals surface area contributed by atoms with Gasteiger partial charge in [0.15, 0.2) is 5.72 Å². The van der Waals surface area contributed by atoms with Gasteiger partial charge in [0, 0.05) is 25.4 Å². The number of carbonyl (C=O) groups is 2. The lowest BCUT2D eigenvalue weighted by Gasteiger charge is -2.33. The molecule has 3 saturated heterocycles. The molecule has 3 fully saturated rings. The minimum atomic E-state index is -0.679. The number of aromatic nitrogens is 1. The minimum Gasteiger partial charge on any atom is -0.375 e. The van der Waals surface area contributed by atoms with Crippen molar-refractivity contribution in [3.8, 4) is 0 Å². The van der Waals surface area contributed by atoms with Crippen LogP contribution in [0.1, 0.15) is 24.4 Å². The van der Waals surface area contributed by atoms with Gasteiger partial charge in [-0.1, -0.05) is 30.3 Å². The highest BCUT2D eigenvalue weighted by Crippen LogP contribution is 2.51. The van der Waals surface area contributed by atoms with Crippen molar-refractivity contribution in [2.45, 2.75) is 30.7 Å². The van der Waals surface area contributed by atoms with E-state index in [2.05, 4.69) is 10.3 Å². The zero-order valence-corrected chi connectivity index (χ0v) is 15.5. The molecule has 0 saturated carbocycles. The number of hydrogen-bond acceptors (Lipinski definition) is 5. The molecule has 28 heavy (non-hydrogen) atoms. The average molecular weight is 378 g/mol. The van der Waals surface area contributed by atoms with Gasteiger partial charge in [-0.05, 0) is 17.7 Å². The largest absolute Gasteiger partial charge is 0.375 e. The molecule has 3 aliphatic heterocycles. The van der Waals surface area contributed by atoms with Crippen LogP contribution in [0, 0.1) is 0 Å². The van der Waals surface area contributed by atoms with E-state index in [0.717, 1.165) is 11.3 Å². The smallest absolute Gasteiger partial charge is 0.242 e. The molecule has 2 amide bonds. The molecule has 144 valence electrons. The van der Waals surface area contributed by atoms with Crippen molar-refractivity contribution in [1.82, 2.24) is 14.8 Å². The number of carbonyl (C=O) groups excluding carboxylic acids is 2. The predicted octanol–water partition coefficient (Wildman–Crippen LogP) is 1.79. The monoisotopic (exact) mass is 378 g/mol. The first-order valence-electron chi connectivity index (χ1n) is 9.63. The van der Waals surface area contributed by atoms with Crippen LogP contribution in [0.3, 0.4) is 0 Å². The van der Waals surface area contributed by atoms with Crippen molar-refractivity contribution in [1.29, 1.82) is 0 Å². The minimum absolute atomic E-state index is 0.0212. The summed E-state index contributed by atoms with van der Waals surface area (Å²) in [7, 11) is 0. The summed E-state index contributed by atoms with van der Waals surface area (Å²) in [5.74, 6) is 0.0428. The van der Waals surface area contributed by atoms with Gasteiger partial charge in [-0.15, -0.1) is 0 Å². The Kier molecular flexibility index (Phi) is 4.05. The van der Waals surface area contributed by atoms with E-state index in [0.29, 0.717) is 26.0 Å². The van der Waals surface area contributed by atoms with Crippen molar-refractivity contribution < 1.29 is 14.3 Å². The van der Waals surface area contributed by atoms with Crippen LogP contribution in [0.25, 0.3) is 0 Å². The molecule has 0 unspecified atom stereocenters. The Labute approximate surface area is 163 Å². The highest BCUT2D eigenvalue weighted by atomic mass is 16.5. The van der Waals surface area contributed by atoms with Gasteiger partial charge in [0.1, 0.15) is 0 Å². The highest BCUT2D eigenvalue weighted by molar-refractivity contribution is 5.86. The maximum Gasteiger partial charge on any atom is 0.242 e. The molecule has 3 atom stereocenters. The van der Waals surface area contributed by atoms with Crippen LogP contribution in [0.4, 0.5) is 5.69 Å². The highest BCUT2D eigenvalue weighted by Gasteiger charge is 2.65. The molecule has 4 heterocycles. The summed E-state index contributed by atoms with van der Waals surface area (Å²) in [4.78, 5) is 33.5. The Hall–Kier alpha value is -2.93. The number of amides is 2. The number of likely N-dealkylation sites (tertiary alicyclic amines) is 1. The molecule has 0 aliphatic carbocycles. The normalized spacial score (nSPS) is 28.4. The van der Waals surface area contributed by atoms with Gasteiger partial charge in [0.25, 0.3) is 0 Å². The third kappa shape index (κ3) is 2.57. The van der Waals surface area contributed by atoms with Crippen molar-refractivity contribution in [2.75, 3.05) is 25.0 Å². The predicted molar refractivity (Wildman–Crippen MR) is 102 cm³/mol. The van der Waals surface area contributed by atoms with Crippen LogP contribution in [-0.2, 0) is 14.3 Å². The molecule has 0 bridgehead atoms. The van der Waals surface area contributed by atoms with E-state index >= 15 is 0 Å². The Bertz CT molecular complexity index is 891. The SMILES string of the molecule is O=C(CNc1cccnc1)N1CC[C@@]23OC[C@@H](c4ccccc4)N2C(=O)C[C@@H]13. The Morgan fingerprint density at radius 2 is 2.11 bits per heavy atom. The molecule has 1 aromatic carbocycles. The number of anilines is 1. The summed E-state index contributed by atoms with van der Waals surface area (Å²) in [6.45, 7) is 1.25. The summed E-state index contributed by atoms with van der Waals surface area (Å²) >= 11 is 0. The summed E-state index contributed by atoms with van der Waals surface area (Å²) < 4.78 is 6.25. The molecule has 5 rings (SSSR count). The third-order valence-corrected chi connectivity index (χ3v) is 6.07. The molecule has 1 spiro atoms. The van der Waals surface area contributed by atoms with E-state index in [9.17, 15) is 9.59 Å². The zero-order valence-electron chi connectivity index (χ0n) is 15.5. The zero-order chi connectivity index (χ0) is 19.1. The number of pyridine rings is 1. The van der Waals surface area contributed by atoms with Crippen LogP contribution in [0.2, 0.25) is 0 Å². The number of benzene rings is 1. The fourth-order valence-electron chi connectivity index (χ4n) is 4.81. The van der Waals surface area contributed by atoms with E-state index in [1.54, 1.807) is 12.4 Å². The van der Waals surface area contributed by atoms with Crippen LogP contribution in [0.5, 0.6) is 0 Å². The summed E-state index contributed by atoms with van der Waals surface area (Å²) in [5.41, 5.74) is 1.20. The molecule has 7 heteroatoms. The van der Waals surface area contributed by atoms with Gasteiger partial charge in [0.2, 0.25) is 11.8 Å². The summed E-state index contributed by atoms with van der Waals surface area (Å²) in [6.07, 6.45) is 4.36. The van der Waals surface area contributed by atoms with E-state index < -0.39 is 5.72 Å². The molecule has 0 radical (unpaired) electrons. The molecule has 1 N–H and O–H groups in total. The number of hydrogen-bond donors (Lipinski definition) is 1. The molecule has 7 nitrogen and oxygen atoms in total. The topological polar surface area (TPSA) is 74.8 Å². The molecular weight excluding hydrogens is 356 g/mol. The van der Waals surface area contributed by atoms with E-state index in [1.165, 1.54) is 0 Å². The standard InChI is InChI=1S/C21H22N4O3/c26-19-11-18-21(25(19)17(14-28-21)15-5-2-1-3-6-15)8-10-24(18)20(27)13-23-16-7-4-9-22-12-16/h1-7,9,12,17-18,23H,8,10-11,13-14H2/t17-,18+,21-/m0/s1. The van der Waals surface area contributed by atoms with Gasteiger partial charge >= 0.3 is 0 Å². The van der Waals surface area contributed by atoms with E-state index in [-0.39, 0.29) is 30.4 Å². The first-order chi connectivity index (χ1) is 13.7. The van der Waals surface area contributed by atoms with Gasteiger partial charge in [-0.25, -0.2) is 0 Å². The van der Waals surface area contributed by atoms with Gasteiger partial charge in [-0.2, -0.15) is 0 Å². The summed E-state index contributed by atoms with van der Waals surface area (Å²) in [5, 5.41) is 3.11. The maximum atomic E-state index is 12.9. The van der Waals surface area contributed by atoms with Crippen molar-refractivity contribution in [2.24, 2.45) is 0 Å². The van der Waals surface area contributed by atoms with Gasteiger partial charge < -0.3 is 19.9 Å². The third-order valence-electron chi connectivity index (χ3n) is 6.07. The van der Waals surface area contributed by atoms with Crippen LogP contribution in [0.15, 0.2) is 54.9 Å². The lowest BCUT2D eigenvalue weighted by Crippen LogP contribution is -2.50. The molecular formula is C21H22N4O3. The van der Waals surface area contributed by atoms with E-state index in [1.807, 2.05) is 52.3 Å². The first-order valence-corrected chi connectivity index (χ1v) is 9.63. The second kappa shape index (κ2) is 6.60. The lowest BCUT2D eigenvalue weighted by molar-refractivity contribution is -0.140. The molecule has 2 aromatic rings. The first kappa shape index (κ1) is 17.2. The van der Waals surface area contributed by atoms with Crippen molar-refractivity contribution in [3.05, 3.63) is 60.4 Å². The second-order valence-electron chi connectivity index (χ2n) is 7.50. The van der Waals surface area contributed by atoms with Crippen LogP contribution >= 0.6 is 0 Å². The van der Waals surface area contributed by atoms with Crippen molar-refractivity contribution >= 4 is 17.5 Å². The fourth-order valence-corrected chi connectivity index (χ4v) is 4.81. The maximum absolute atomic E-state index is 12.9. The quantitative estimate of drug-likeness (QED) is 0.878. The Morgan fingerprint density at radius 1 is 1.25 bits per heavy atom. The number of nitrogens with one attached hydrogen (secondary N) is 1.